The lowest BCUT2D eigenvalue weighted by atomic mass is 10.1. The van der Waals surface area contributed by atoms with Gasteiger partial charge < -0.3 is 20.1 Å². The number of alkyl halides is 3. The number of carbonyl (C=O) groups is 2. The summed E-state index contributed by atoms with van der Waals surface area (Å²) in [6.45, 7) is 3.09. The van der Waals surface area contributed by atoms with Gasteiger partial charge in [-0.25, -0.2) is 4.79 Å². The third-order valence-corrected chi connectivity index (χ3v) is 3.51. The van der Waals surface area contributed by atoms with E-state index in [0.29, 0.717) is 12.1 Å². The molecule has 0 saturated carbocycles. The summed E-state index contributed by atoms with van der Waals surface area (Å²) in [4.78, 5) is 33.9. The van der Waals surface area contributed by atoms with Crippen molar-refractivity contribution in [2.24, 2.45) is 0 Å². The van der Waals surface area contributed by atoms with Gasteiger partial charge in [-0.1, -0.05) is 0 Å². The molecule has 0 spiro atoms. The van der Waals surface area contributed by atoms with Crippen LogP contribution >= 0.6 is 0 Å². The van der Waals surface area contributed by atoms with Crippen molar-refractivity contribution in [2.45, 2.75) is 32.2 Å². The number of nitro benzene ring substituents is 1. The zero-order chi connectivity index (χ0) is 21.5. The maximum Gasteiger partial charge on any atom is 0.416 e. The number of halogens is 3. The van der Waals surface area contributed by atoms with E-state index >= 15 is 0 Å². The van der Waals surface area contributed by atoms with E-state index in [4.69, 9.17) is 9.47 Å². The highest BCUT2D eigenvalue weighted by Crippen LogP contribution is 2.35. The monoisotopic (exact) mass is 407 g/mol. The number of rotatable bonds is 9. The molecule has 1 aromatic carbocycles. The first-order valence-corrected chi connectivity index (χ1v) is 8.06. The molecular weight excluding hydrogens is 387 g/mol. The number of nitro groups is 1. The Morgan fingerprint density at radius 1 is 1.29 bits per heavy atom. The van der Waals surface area contributed by atoms with Crippen LogP contribution in [0.1, 0.15) is 19.4 Å². The molecule has 1 amide bonds. The van der Waals surface area contributed by atoms with Gasteiger partial charge in [0.1, 0.15) is 11.7 Å². The van der Waals surface area contributed by atoms with Crippen LogP contribution in [0, 0.1) is 10.1 Å². The second-order valence-corrected chi connectivity index (χ2v) is 5.72. The smallest absolute Gasteiger partial charge is 0.416 e. The van der Waals surface area contributed by atoms with E-state index < -0.39 is 46.4 Å². The molecule has 0 fully saturated rings. The highest BCUT2D eigenvalue weighted by Gasteiger charge is 2.33. The van der Waals surface area contributed by atoms with Gasteiger partial charge >= 0.3 is 12.1 Å². The van der Waals surface area contributed by atoms with Crippen molar-refractivity contribution in [1.82, 2.24) is 5.32 Å². The van der Waals surface area contributed by atoms with E-state index in [1.54, 1.807) is 0 Å². The second kappa shape index (κ2) is 9.88. The topological polar surface area (TPSA) is 120 Å². The average Bonchev–Trinajstić information content (AvgIpc) is 2.60. The third-order valence-electron chi connectivity index (χ3n) is 3.51. The summed E-state index contributed by atoms with van der Waals surface area (Å²) in [5.74, 6) is -1.48. The van der Waals surface area contributed by atoms with Crippen molar-refractivity contribution in [1.29, 1.82) is 0 Å². The van der Waals surface area contributed by atoms with Crippen LogP contribution in [-0.4, -0.2) is 49.2 Å². The standard InChI is InChI=1S/C16H20F3N3O6/c1-9(15(24)28-10(2)14(23)20-6-7-27-3)21-12-5-4-11(16(17,18)19)8-13(12)22(25)26/h4-5,8-10,21H,6-7H2,1-3H3,(H,20,23)/t9-,10-/m0/s1. The molecule has 0 aliphatic carbocycles. The van der Waals surface area contributed by atoms with Crippen molar-refractivity contribution in [2.75, 3.05) is 25.6 Å². The van der Waals surface area contributed by atoms with Gasteiger partial charge in [-0.05, 0) is 26.0 Å². The number of methoxy groups -OCH3 is 1. The number of amides is 1. The first-order valence-electron chi connectivity index (χ1n) is 8.06. The molecule has 12 heteroatoms. The minimum atomic E-state index is -4.75. The first kappa shape index (κ1) is 23.1. The van der Waals surface area contributed by atoms with Gasteiger partial charge in [-0.15, -0.1) is 0 Å². The predicted molar refractivity (Wildman–Crippen MR) is 91.6 cm³/mol. The first-order chi connectivity index (χ1) is 13.0. The summed E-state index contributed by atoms with van der Waals surface area (Å²) >= 11 is 0. The third kappa shape index (κ3) is 6.68. The largest absolute Gasteiger partial charge is 0.451 e. The molecule has 0 radical (unpaired) electrons. The lowest BCUT2D eigenvalue weighted by Gasteiger charge is -2.18. The fourth-order valence-electron chi connectivity index (χ4n) is 2.02. The van der Waals surface area contributed by atoms with Crippen LogP contribution in [0.15, 0.2) is 18.2 Å². The van der Waals surface area contributed by atoms with Crippen molar-refractivity contribution >= 4 is 23.3 Å². The number of hydrogen-bond donors (Lipinski definition) is 2. The number of esters is 1. The quantitative estimate of drug-likeness (QED) is 0.278. The van der Waals surface area contributed by atoms with Crippen LogP contribution in [-0.2, 0) is 25.2 Å². The highest BCUT2D eigenvalue weighted by atomic mass is 19.4. The van der Waals surface area contributed by atoms with Crippen LogP contribution in [0.5, 0.6) is 0 Å². The molecule has 0 bridgehead atoms. The highest BCUT2D eigenvalue weighted by molar-refractivity contribution is 5.86. The second-order valence-electron chi connectivity index (χ2n) is 5.72. The van der Waals surface area contributed by atoms with Gasteiger partial charge in [0.25, 0.3) is 11.6 Å². The summed E-state index contributed by atoms with van der Waals surface area (Å²) in [5, 5.41) is 16.0. The van der Waals surface area contributed by atoms with Gasteiger partial charge in [-0.2, -0.15) is 13.2 Å². The van der Waals surface area contributed by atoms with Crippen LogP contribution in [0.25, 0.3) is 0 Å². The minimum absolute atomic E-state index is 0.211. The number of carbonyl (C=O) groups excluding carboxylic acids is 2. The number of hydrogen-bond acceptors (Lipinski definition) is 7. The lowest BCUT2D eigenvalue weighted by molar-refractivity contribution is -0.384. The number of benzene rings is 1. The van der Waals surface area contributed by atoms with Crippen molar-refractivity contribution in [3.63, 3.8) is 0 Å². The van der Waals surface area contributed by atoms with E-state index in [-0.39, 0.29) is 18.8 Å². The zero-order valence-electron chi connectivity index (χ0n) is 15.3. The van der Waals surface area contributed by atoms with Crippen LogP contribution in [0.3, 0.4) is 0 Å². The Labute approximate surface area is 158 Å². The van der Waals surface area contributed by atoms with E-state index in [9.17, 15) is 32.9 Å². The molecule has 156 valence electrons. The molecule has 1 rings (SSSR count). The predicted octanol–water partition coefficient (Wildman–Crippen LogP) is 2.11. The van der Waals surface area contributed by atoms with E-state index in [2.05, 4.69) is 10.6 Å². The van der Waals surface area contributed by atoms with Gasteiger partial charge in [0.05, 0.1) is 17.1 Å². The number of anilines is 1. The molecule has 0 unspecified atom stereocenters. The SMILES string of the molecule is COCCNC(=O)[C@H](C)OC(=O)[C@H](C)Nc1ccc(C(F)(F)F)cc1[N+](=O)[O-]. The van der Waals surface area contributed by atoms with Crippen molar-refractivity contribution in [3.05, 3.63) is 33.9 Å². The summed E-state index contributed by atoms with van der Waals surface area (Å²) in [6.07, 6.45) is -5.89. The molecule has 1 aromatic rings. The van der Waals surface area contributed by atoms with Crippen LogP contribution < -0.4 is 10.6 Å². The molecule has 28 heavy (non-hydrogen) atoms. The summed E-state index contributed by atoms with van der Waals surface area (Å²) in [7, 11) is 1.45. The van der Waals surface area contributed by atoms with E-state index in [1.807, 2.05) is 0 Å². The van der Waals surface area contributed by atoms with Crippen LogP contribution in [0.2, 0.25) is 0 Å². The van der Waals surface area contributed by atoms with Gasteiger partial charge in [0.15, 0.2) is 6.10 Å². The van der Waals surface area contributed by atoms with Crippen molar-refractivity contribution in [3.8, 4) is 0 Å². The van der Waals surface area contributed by atoms with Gasteiger partial charge in [0, 0.05) is 19.7 Å². The molecule has 9 nitrogen and oxygen atoms in total. The molecular formula is C16H20F3N3O6. The lowest BCUT2D eigenvalue weighted by Crippen LogP contribution is -2.40. The van der Waals surface area contributed by atoms with Crippen molar-refractivity contribution < 1.29 is 37.2 Å². The zero-order valence-corrected chi connectivity index (χ0v) is 15.3. The Bertz CT molecular complexity index is 726. The summed E-state index contributed by atoms with van der Waals surface area (Å²) in [5.41, 5.74) is -2.33. The molecule has 0 saturated heterocycles. The fraction of sp³-hybridized carbons (Fsp3) is 0.500. The summed E-state index contributed by atoms with van der Waals surface area (Å²) < 4.78 is 47.9. The number of nitrogens with zero attached hydrogens (tertiary/aromatic N) is 1. The fourth-order valence-corrected chi connectivity index (χ4v) is 2.02. The summed E-state index contributed by atoms with van der Waals surface area (Å²) in [6, 6.07) is 0.710. The maximum atomic E-state index is 12.7. The molecule has 2 atom stereocenters. The maximum absolute atomic E-state index is 12.7. The molecule has 2 N–H and O–H groups in total. The van der Waals surface area contributed by atoms with Gasteiger partial charge in [0.2, 0.25) is 0 Å². The molecule has 0 heterocycles. The number of ether oxygens (including phenoxy) is 2. The molecule has 0 aliphatic heterocycles. The number of nitrogens with one attached hydrogen (secondary N) is 2. The normalized spacial score (nSPS) is 13.4. The van der Waals surface area contributed by atoms with Crippen LogP contribution in [0.4, 0.5) is 24.5 Å². The molecule has 0 aromatic heterocycles. The Kier molecular flexibility index (Phi) is 8.16. The Balaban J connectivity index is 2.81. The van der Waals surface area contributed by atoms with E-state index in [1.165, 1.54) is 21.0 Å². The Morgan fingerprint density at radius 3 is 2.46 bits per heavy atom. The van der Waals surface area contributed by atoms with Gasteiger partial charge in [-0.3, -0.25) is 14.9 Å². The minimum Gasteiger partial charge on any atom is -0.451 e. The Hall–Kier alpha value is -2.89. The van der Waals surface area contributed by atoms with E-state index in [0.717, 1.165) is 6.07 Å². The molecule has 0 aliphatic rings. The Morgan fingerprint density at radius 2 is 1.93 bits per heavy atom. The average molecular weight is 407 g/mol.